The highest BCUT2D eigenvalue weighted by molar-refractivity contribution is 7.89. The molecule has 0 aliphatic carbocycles. The van der Waals surface area contributed by atoms with Gasteiger partial charge in [-0.15, -0.1) is 0 Å². The molecule has 0 radical (unpaired) electrons. The quantitative estimate of drug-likeness (QED) is 0.825. The Morgan fingerprint density at radius 1 is 1.11 bits per heavy atom. The molecule has 1 heterocycles. The van der Waals surface area contributed by atoms with E-state index in [1.165, 1.54) is 25.3 Å². The zero-order chi connectivity index (χ0) is 19.4. The van der Waals surface area contributed by atoms with Crippen LogP contribution in [0.2, 0.25) is 0 Å². The van der Waals surface area contributed by atoms with Crippen LogP contribution >= 0.6 is 0 Å². The van der Waals surface area contributed by atoms with Gasteiger partial charge in [-0.25, -0.2) is 13.1 Å². The summed E-state index contributed by atoms with van der Waals surface area (Å²) < 4.78 is 33.6. The van der Waals surface area contributed by atoms with E-state index in [0.29, 0.717) is 18.8 Å². The fraction of sp³-hybridized carbons (Fsp3) is 0.350. The summed E-state index contributed by atoms with van der Waals surface area (Å²) in [4.78, 5) is 14.6. The second kappa shape index (κ2) is 8.10. The number of amides is 1. The number of carbonyl (C=O) groups excluding carboxylic acids is 1. The standard InChI is InChI=1S/C20H24N2O4S/c1-15(16-8-4-3-5-9-16)21-27(24,25)17-10-11-19(26-2)18(14-17)20(23)22-12-6-7-13-22/h3-5,8-11,14-15,21H,6-7,12-13H2,1-2H3/t15-/m1/s1. The molecule has 0 aromatic heterocycles. The second-order valence-electron chi connectivity index (χ2n) is 6.62. The van der Waals surface area contributed by atoms with Crippen molar-refractivity contribution >= 4 is 15.9 Å². The third-order valence-electron chi connectivity index (χ3n) is 4.74. The number of carbonyl (C=O) groups is 1. The summed E-state index contributed by atoms with van der Waals surface area (Å²) in [5.74, 6) is 0.180. The Kier molecular flexibility index (Phi) is 5.82. The molecule has 1 aliphatic rings. The molecule has 0 spiro atoms. The monoisotopic (exact) mass is 388 g/mol. The molecule has 1 N–H and O–H groups in total. The molecule has 7 heteroatoms. The first-order valence-electron chi connectivity index (χ1n) is 8.97. The number of sulfonamides is 1. The van der Waals surface area contributed by atoms with Gasteiger partial charge < -0.3 is 9.64 Å². The molecule has 1 saturated heterocycles. The van der Waals surface area contributed by atoms with Crippen molar-refractivity contribution < 1.29 is 17.9 Å². The average molecular weight is 388 g/mol. The van der Waals surface area contributed by atoms with E-state index in [-0.39, 0.29) is 16.4 Å². The number of rotatable bonds is 6. The van der Waals surface area contributed by atoms with Crippen molar-refractivity contribution in [1.82, 2.24) is 9.62 Å². The van der Waals surface area contributed by atoms with Crippen LogP contribution in [0, 0.1) is 0 Å². The largest absolute Gasteiger partial charge is 0.496 e. The maximum atomic E-state index is 12.8. The lowest BCUT2D eigenvalue weighted by molar-refractivity contribution is 0.0789. The summed E-state index contributed by atoms with van der Waals surface area (Å²) >= 11 is 0. The predicted molar refractivity (Wildman–Crippen MR) is 103 cm³/mol. The van der Waals surface area contributed by atoms with Crippen molar-refractivity contribution in [3.05, 3.63) is 59.7 Å². The summed E-state index contributed by atoms with van der Waals surface area (Å²) in [7, 11) is -2.32. The summed E-state index contributed by atoms with van der Waals surface area (Å²) in [6.45, 7) is 3.15. The Balaban J connectivity index is 1.89. The van der Waals surface area contributed by atoms with Crippen LogP contribution in [0.3, 0.4) is 0 Å². The van der Waals surface area contributed by atoms with E-state index in [4.69, 9.17) is 4.74 Å². The van der Waals surface area contributed by atoms with Gasteiger partial charge in [0.05, 0.1) is 17.6 Å². The number of nitrogens with one attached hydrogen (secondary N) is 1. The SMILES string of the molecule is COc1ccc(S(=O)(=O)N[C@H](C)c2ccccc2)cc1C(=O)N1CCCC1. The van der Waals surface area contributed by atoms with Gasteiger partial charge in [0.15, 0.2) is 0 Å². The number of hydrogen-bond acceptors (Lipinski definition) is 4. The van der Waals surface area contributed by atoms with Gasteiger partial charge in [0.25, 0.3) is 5.91 Å². The molecule has 0 bridgehead atoms. The minimum absolute atomic E-state index is 0.0497. The molecule has 144 valence electrons. The number of likely N-dealkylation sites (tertiary alicyclic amines) is 1. The van der Waals surface area contributed by atoms with E-state index in [2.05, 4.69) is 4.72 Å². The Morgan fingerprint density at radius 2 is 1.78 bits per heavy atom. The van der Waals surface area contributed by atoms with Crippen LogP contribution in [0.1, 0.15) is 41.7 Å². The first kappa shape index (κ1) is 19.4. The average Bonchev–Trinajstić information content (AvgIpc) is 3.22. The van der Waals surface area contributed by atoms with Crippen LogP contribution in [0.15, 0.2) is 53.4 Å². The fourth-order valence-electron chi connectivity index (χ4n) is 3.22. The van der Waals surface area contributed by atoms with Gasteiger partial charge in [0.2, 0.25) is 10.0 Å². The summed E-state index contributed by atoms with van der Waals surface area (Å²) in [6, 6.07) is 13.3. The zero-order valence-corrected chi connectivity index (χ0v) is 16.3. The molecule has 1 atom stereocenters. The van der Waals surface area contributed by atoms with Crippen molar-refractivity contribution in [3.8, 4) is 5.75 Å². The summed E-state index contributed by atoms with van der Waals surface area (Å²) in [6.07, 6.45) is 1.92. The highest BCUT2D eigenvalue weighted by Gasteiger charge is 2.26. The molecule has 1 fully saturated rings. The molecule has 1 amide bonds. The van der Waals surface area contributed by atoms with Crippen LogP contribution in [0.5, 0.6) is 5.75 Å². The van der Waals surface area contributed by atoms with Crippen LogP contribution < -0.4 is 9.46 Å². The Hall–Kier alpha value is -2.38. The number of nitrogens with zero attached hydrogens (tertiary/aromatic N) is 1. The zero-order valence-electron chi connectivity index (χ0n) is 15.5. The normalized spacial score (nSPS) is 15.6. The lowest BCUT2D eigenvalue weighted by Crippen LogP contribution is -2.29. The van der Waals surface area contributed by atoms with Crippen LogP contribution in [-0.2, 0) is 10.0 Å². The van der Waals surface area contributed by atoms with Gasteiger partial charge >= 0.3 is 0 Å². The third-order valence-corrected chi connectivity index (χ3v) is 6.27. The minimum atomic E-state index is -3.79. The first-order chi connectivity index (χ1) is 12.9. The number of hydrogen-bond donors (Lipinski definition) is 1. The van der Waals surface area contributed by atoms with Crippen molar-refractivity contribution in [1.29, 1.82) is 0 Å². The van der Waals surface area contributed by atoms with E-state index in [1.807, 2.05) is 30.3 Å². The number of benzene rings is 2. The van der Waals surface area contributed by atoms with Crippen LogP contribution in [-0.4, -0.2) is 39.4 Å². The fourth-order valence-corrected chi connectivity index (χ4v) is 4.48. The molecule has 0 unspecified atom stereocenters. The predicted octanol–water partition coefficient (Wildman–Crippen LogP) is 2.97. The van der Waals surface area contributed by atoms with E-state index in [1.54, 1.807) is 11.8 Å². The maximum Gasteiger partial charge on any atom is 0.257 e. The van der Waals surface area contributed by atoms with E-state index in [9.17, 15) is 13.2 Å². The molecule has 3 rings (SSSR count). The van der Waals surface area contributed by atoms with Crippen molar-refractivity contribution in [3.63, 3.8) is 0 Å². The van der Waals surface area contributed by atoms with Gasteiger partial charge in [-0.2, -0.15) is 0 Å². The van der Waals surface area contributed by atoms with Gasteiger partial charge in [-0.3, -0.25) is 4.79 Å². The third kappa shape index (κ3) is 4.31. The highest BCUT2D eigenvalue weighted by Crippen LogP contribution is 2.26. The molecule has 2 aromatic rings. The molecule has 2 aromatic carbocycles. The second-order valence-corrected chi connectivity index (χ2v) is 8.33. The van der Waals surface area contributed by atoms with Gasteiger partial charge in [-0.05, 0) is 43.5 Å². The van der Waals surface area contributed by atoms with Crippen molar-refractivity contribution in [2.24, 2.45) is 0 Å². The minimum Gasteiger partial charge on any atom is -0.496 e. The highest BCUT2D eigenvalue weighted by atomic mass is 32.2. The number of ether oxygens (including phenoxy) is 1. The molecule has 27 heavy (non-hydrogen) atoms. The Morgan fingerprint density at radius 3 is 2.41 bits per heavy atom. The van der Waals surface area contributed by atoms with E-state index >= 15 is 0 Å². The van der Waals surface area contributed by atoms with Crippen molar-refractivity contribution in [2.75, 3.05) is 20.2 Å². The molecular formula is C20H24N2O4S. The molecule has 1 aliphatic heterocycles. The Bertz CT molecular complexity index is 907. The topological polar surface area (TPSA) is 75.7 Å². The lowest BCUT2D eigenvalue weighted by Gasteiger charge is -2.19. The number of methoxy groups -OCH3 is 1. The van der Waals surface area contributed by atoms with Gasteiger partial charge in [0.1, 0.15) is 5.75 Å². The van der Waals surface area contributed by atoms with E-state index < -0.39 is 16.1 Å². The summed E-state index contributed by atoms with van der Waals surface area (Å²) in [5, 5.41) is 0. The van der Waals surface area contributed by atoms with Crippen molar-refractivity contribution in [2.45, 2.75) is 30.7 Å². The molecule has 6 nitrogen and oxygen atoms in total. The Labute approximate surface area is 160 Å². The lowest BCUT2D eigenvalue weighted by atomic mass is 10.1. The van der Waals surface area contributed by atoms with Crippen LogP contribution in [0.25, 0.3) is 0 Å². The molecular weight excluding hydrogens is 364 g/mol. The van der Waals surface area contributed by atoms with E-state index in [0.717, 1.165) is 18.4 Å². The molecule has 0 saturated carbocycles. The van der Waals surface area contributed by atoms with Crippen LogP contribution in [0.4, 0.5) is 0 Å². The first-order valence-corrected chi connectivity index (χ1v) is 10.5. The maximum absolute atomic E-state index is 12.8. The van der Waals surface area contributed by atoms with Gasteiger partial charge in [-0.1, -0.05) is 30.3 Å². The summed E-state index contributed by atoms with van der Waals surface area (Å²) in [5.41, 5.74) is 1.14. The van der Waals surface area contributed by atoms with Gasteiger partial charge in [0, 0.05) is 19.1 Å². The smallest absolute Gasteiger partial charge is 0.257 e.